The van der Waals surface area contributed by atoms with Crippen LogP contribution < -0.4 is 4.74 Å². The van der Waals surface area contributed by atoms with E-state index in [2.05, 4.69) is 4.74 Å². The molecule has 0 spiro atoms. The third kappa shape index (κ3) is 3.73. The molecule has 0 radical (unpaired) electrons. The average Bonchev–Trinajstić information content (AvgIpc) is 2.85. The molecule has 0 aliphatic heterocycles. The summed E-state index contributed by atoms with van der Waals surface area (Å²) >= 11 is 1.01. The first kappa shape index (κ1) is 15.3. The standard InChI is InChI=1S/C13H9F3O4S/c14-13(15,16)20-8-3-1-2-7(6-8)10(17)11-9(12(18)19)4-5-21-11/h1-6,10,17H,(H,18,19). The number of carbonyl (C=O) groups is 1. The number of aliphatic hydroxyl groups is 1. The van der Waals surface area contributed by atoms with Gasteiger partial charge in [0.05, 0.1) is 10.4 Å². The minimum Gasteiger partial charge on any atom is -0.478 e. The van der Waals surface area contributed by atoms with Crippen LogP contribution in [0, 0.1) is 0 Å². The van der Waals surface area contributed by atoms with Gasteiger partial charge in [-0.3, -0.25) is 0 Å². The largest absolute Gasteiger partial charge is 0.573 e. The first-order valence-corrected chi connectivity index (χ1v) is 6.50. The molecule has 0 amide bonds. The number of hydrogen-bond acceptors (Lipinski definition) is 4. The number of benzene rings is 1. The third-order valence-electron chi connectivity index (χ3n) is 2.58. The minimum absolute atomic E-state index is 0.0883. The molecule has 2 rings (SSSR count). The van der Waals surface area contributed by atoms with Gasteiger partial charge in [-0.2, -0.15) is 0 Å². The lowest BCUT2D eigenvalue weighted by atomic mass is 10.1. The smallest absolute Gasteiger partial charge is 0.478 e. The Hall–Kier alpha value is -2.06. The van der Waals surface area contributed by atoms with E-state index in [-0.39, 0.29) is 16.0 Å². The lowest BCUT2D eigenvalue weighted by Gasteiger charge is -2.13. The molecule has 1 atom stereocenters. The van der Waals surface area contributed by atoms with Crippen molar-refractivity contribution in [2.24, 2.45) is 0 Å². The second-order valence-corrected chi connectivity index (χ2v) is 4.97. The number of rotatable bonds is 4. The Labute approximate surface area is 121 Å². The van der Waals surface area contributed by atoms with Crippen LogP contribution in [-0.4, -0.2) is 22.5 Å². The molecule has 2 N–H and O–H groups in total. The Morgan fingerprint density at radius 3 is 2.62 bits per heavy atom. The molecule has 0 saturated carbocycles. The number of carboxylic acid groups (broad SMARTS) is 1. The van der Waals surface area contributed by atoms with Crippen molar-refractivity contribution >= 4 is 17.3 Å². The van der Waals surface area contributed by atoms with Crippen LogP contribution in [0.1, 0.15) is 26.9 Å². The Balaban J connectivity index is 2.31. The second kappa shape index (κ2) is 5.74. The maximum Gasteiger partial charge on any atom is 0.573 e. The van der Waals surface area contributed by atoms with E-state index in [4.69, 9.17) is 5.11 Å². The maximum atomic E-state index is 12.2. The number of alkyl halides is 3. The van der Waals surface area contributed by atoms with Gasteiger partial charge in [0.2, 0.25) is 0 Å². The molecule has 0 fully saturated rings. The maximum absolute atomic E-state index is 12.2. The predicted molar refractivity (Wildman–Crippen MR) is 68.5 cm³/mol. The molecular formula is C13H9F3O4S. The summed E-state index contributed by atoms with van der Waals surface area (Å²) in [5.74, 6) is -1.69. The summed E-state index contributed by atoms with van der Waals surface area (Å²) in [5.41, 5.74) is 0.0244. The lowest BCUT2D eigenvalue weighted by Crippen LogP contribution is -2.17. The number of aliphatic hydroxyl groups excluding tert-OH is 1. The van der Waals surface area contributed by atoms with E-state index in [1.807, 2.05) is 0 Å². The fourth-order valence-corrected chi connectivity index (χ4v) is 2.64. The first-order valence-electron chi connectivity index (χ1n) is 5.62. The van der Waals surface area contributed by atoms with E-state index >= 15 is 0 Å². The molecule has 2 aromatic rings. The van der Waals surface area contributed by atoms with E-state index in [0.717, 1.165) is 23.5 Å². The number of hydrogen-bond donors (Lipinski definition) is 2. The molecule has 1 unspecified atom stereocenters. The molecule has 0 aliphatic carbocycles. The van der Waals surface area contributed by atoms with E-state index in [0.29, 0.717) is 0 Å². The van der Waals surface area contributed by atoms with Gasteiger partial charge in [0.25, 0.3) is 0 Å². The summed E-state index contributed by atoms with van der Waals surface area (Å²) in [6.07, 6.45) is -6.17. The van der Waals surface area contributed by atoms with E-state index in [1.54, 1.807) is 0 Å². The summed E-state index contributed by atoms with van der Waals surface area (Å²) in [6.45, 7) is 0. The zero-order valence-electron chi connectivity index (χ0n) is 10.3. The fourth-order valence-electron chi connectivity index (χ4n) is 1.74. The highest BCUT2D eigenvalue weighted by molar-refractivity contribution is 7.10. The van der Waals surface area contributed by atoms with Crippen molar-refractivity contribution in [2.45, 2.75) is 12.5 Å². The number of thiophene rings is 1. The highest BCUT2D eigenvalue weighted by Gasteiger charge is 2.31. The van der Waals surface area contributed by atoms with Crippen molar-refractivity contribution in [2.75, 3.05) is 0 Å². The molecule has 1 heterocycles. The van der Waals surface area contributed by atoms with E-state index < -0.39 is 24.2 Å². The van der Waals surface area contributed by atoms with Crippen LogP contribution in [0.5, 0.6) is 5.75 Å². The predicted octanol–water partition coefficient (Wildman–Crippen LogP) is 3.43. The Bertz CT molecular complexity index is 651. The summed E-state index contributed by atoms with van der Waals surface area (Å²) in [7, 11) is 0. The van der Waals surface area contributed by atoms with E-state index in [9.17, 15) is 23.1 Å². The van der Waals surface area contributed by atoms with Crippen molar-refractivity contribution in [3.05, 3.63) is 51.7 Å². The second-order valence-electron chi connectivity index (χ2n) is 4.03. The lowest BCUT2D eigenvalue weighted by molar-refractivity contribution is -0.274. The van der Waals surface area contributed by atoms with Crippen LogP contribution in [0.15, 0.2) is 35.7 Å². The topological polar surface area (TPSA) is 66.8 Å². The van der Waals surface area contributed by atoms with Crippen LogP contribution in [0.2, 0.25) is 0 Å². The zero-order valence-corrected chi connectivity index (χ0v) is 11.1. The molecule has 4 nitrogen and oxygen atoms in total. The van der Waals surface area contributed by atoms with Crippen LogP contribution in [0.25, 0.3) is 0 Å². The minimum atomic E-state index is -4.83. The highest BCUT2D eigenvalue weighted by atomic mass is 32.1. The fraction of sp³-hybridized carbons (Fsp3) is 0.154. The Kier molecular flexibility index (Phi) is 4.19. The number of ether oxygens (including phenoxy) is 1. The van der Waals surface area contributed by atoms with Crippen molar-refractivity contribution in [1.29, 1.82) is 0 Å². The average molecular weight is 318 g/mol. The summed E-state index contributed by atoms with van der Waals surface area (Å²) in [6, 6.07) is 6.11. The Morgan fingerprint density at radius 1 is 1.29 bits per heavy atom. The molecule has 21 heavy (non-hydrogen) atoms. The number of carboxylic acids is 1. The molecule has 0 bridgehead atoms. The molecule has 112 valence electrons. The Morgan fingerprint density at radius 2 is 2.00 bits per heavy atom. The van der Waals surface area contributed by atoms with Gasteiger partial charge in [-0.25, -0.2) is 4.79 Å². The summed E-state index contributed by atoms with van der Waals surface area (Å²) in [4.78, 5) is 11.1. The molecule has 0 aliphatic rings. The number of halogens is 3. The molecular weight excluding hydrogens is 309 g/mol. The van der Waals surface area contributed by atoms with Gasteiger partial charge in [-0.1, -0.05) is 12.1 Å². The van der Waals surface area contributed by atoms with E-state index in [1.165, 1.54) is 23.6 Å². The van der Waals surface area contributed by atoms with Gasteiger partial charge >= 0.3 is 12.3 Å². The molecule has 1 aromatic carbocycles. The normalized spacial score (nSPS) is 13.0. The van der Waals surface area contributed by atoms with Crippen molar-refractivity contribution < 1.29 is 32.9 Å². The van der Waals surface area contributed by atoms with Crippen molar-refractivity contribution in [3.63, 3.8) is 0 Å². The van der Waals surface area contributed by atoms with Gasteiger partial charge in [-0.15, -0.1) is 24.5 Å². The molecule has 8 heteroatoms. The quantitative estimate of drug-likeness (QED) is 0.906. The molecule has 0 saturated heterocycles. The van der Waals surface area contributed by atoms with Gasteiger partial charge in [-0.05, 0) is 29.1 Å². The SMILES string of the molecule is O=C(O)c1ccsc1C(O)c1cccc(OC(F)(F)F)c1. The van der Waals surface area contributed by atoms with Gasteiger partial charge in [0.1, 0.15) is 11.9 Å². The molecule has 1 aromatic heterocycles. The first-order chi connectivity index (χ1) is 9.78. The zero-order chi connectivity index (χ0) is 15.6. The highest BCUT2D eigenvalue weighted by Crippen LogP contribution is 2.32. The monoisotopic (exact) mass is 318 g/mol. The van der Waals surface area contributed by atoms with Crippen LogP contribution >= 0.6 is 11.3 Å². The van der Waals surface area contributed by atoms with Gasteiger partial charge < -0.3 is 14.9 Å². The summed E-state index contributed by atoms with van der Waals surface area (Å²) in [5, 5.41) is 20.6. The third-order valence-corrected chi connectivity index (χ3v) is 3.55. The van der Waals surface area contributed by atoms with Crippen LogP contribution in [0.3, 0.4) is 0 Å². The van der Waals surface area contributed by atoms with Crippen molar-refractivity contribution in [3.8, 4) is 5.75 Å². The van der Waals surface area contributed by atoms with Crippen LogP contribution in [0.4, 0.5) is 13.2 Å². The van der Waals surface area contributed by atoms with Crippen molar-refractivity contribution in [1.82, 2.24) is 0 Å². The number of aromatic carboxylic acids is 1. The summed E-state index contributed by atoms with van der Waals surface area (Å²) < 4.78 is 40.2. The van der Waals surface area contributed by atoms with Gasteiger partial charge in [0.15, 0.2) is 0 Å². The van der Waals surface area contributed by atoms with Gasteiger partial charge in [0, 0.05) is 0 Å². The van der Waals surface area contributed by atoms with Crippen LogP contribution in [-0.2, 0) is 0 Å².